The van der Waals surface area contributed by atoms with Crippen LogP contribution >= 0.6 is 11.6 Å². The smallest absolute Gasteiger partial charge is 0.309 e. The van der Waals surface area contributed by atoms with E-state index in [-0.39, 0.29) is 18.3 Å². The van der Waals surface area contributed by atoms with Gasteiger partial charge in [0.05, 0.1) is 12.5 Å². The lowest BCUT2D eigenvalue weighted by atomic mass is 9.97. The molecule has 0 saturated carbocycles. The Morgan fingerprint density at radius 1 is 0.528 bits per heavy atom. The van der Waals surface area contributed by atoms with Crippen molar-refractivity contribution in [2.75, 3.05) is 6.61 Å². The number of carbonyl (C=O) groups excluding carboxylic acids is 2. The number of carbonyl (C=O) groups is 2. The molecule has 0 bridgehead atoms. The highest BCUT2D eigenvalue weighted by Crippen LogP contribution is 2.19. The molecule has 0 aromatic carbocycles. The zero-order valence-corrected chi connectivity index (χ0v) is 25.0. The summed E-state index contributed by atoms with van der Waals surface area (Å²) in [5.41, 5.74) is 0. The molecule has 0 rings (SSSR count). The molecule has 0 fully saturated rings. The van der Waals surface area contributed by atoms with Crippen LogP contribution in [0.1, 0.15) is 181 Å². The van der Waals surface area contributed by atoms with E-state index in [1.165, 1.54) is 128 Å². The van der Waals surface area contributed by atoms with E-state index in [1.54, 1.807) is 0 Å². The predicted molar refractivity (Wildman–Crippen MR) is 157 cm³/mol. The van der Waals surface area contributed by atoms with Gasteiger partial charge in [-0.3, -0.25) is 9.59 Å². The maximum absolute atomic E-state index is 12.4. The molecule has 0 heterocycles. The normalized spacial score (nSPS) is 12.1. The number of esters is 1. The molecule has 0 N–H and O–H groups in total. The summed E-state index contributed by atoms with van der Waals surface area (Å²) in [6.45, 7) is 4.99. The Bertz CT molecular complexity index is 480. The standard InChI is InChI=1S/C32H61ClO3/c1-3-5-7-9-11-13-14-15-16-17-18-19-20-21-23-25-27-30(29-31(33)34)32(35)36-28-26-24-22-12-10-8-6-4-2/h30H,3-29H2,1-2H3. The van der Waals surface area contributed by atoms with Gasteiger partial charge in [-0.15, -0.1) is 0 Å². The Morgan fingerprint density at radius 2 is 0.861 bits per heavy atom. The Labute approximate surface area is 230 Å². The lowest BCUT2D eigenvalue weighted by molar-refractivity contribution is -0.150. The number of ether oxygens (including phenoxy) is 1. The summed E-state index contributed by atoms with van der Waals surface area (Å²) in [5.74, 6) is -0.594. The molecular weight excluding hydrogens is 468 g/mol. The van der Waals surface area contributed by atoms with E-state index in [2.05, 4.69) is 13.8 Å². The molecule has 0 aromatic rings. The fourth-order valence-electron chi connectivity index (χ4n) is 4.96. The molecule has 4 heteroatoms. The molecule has 0 saturated heterocycles. The monoisotopic (exact) mass is 528 g/mol. The van der Waals surface area contributed by atoms with Crippen LogP contribution in [0.15, 0.2) is 0 Å². The van der Waals surface area contributed by atoms with Gasteiger partial charge in [0.25, 0.3) is 0 Å². The zero-order chi connectivity index (χ0) is 26.5. The molecule has 1 atom stereocenters. The summed E-state index contributed by atoms with van der Waals surface area (Å²) in [6, 6.07) is 0. The van der Waals surface area contributed by atoms with Crippen LogP contribution in [0.5, 0.6) is 0 Å². The van der Waals surface area contributed by atoms with Crippen LogP contribution in [-0.2, 0) is 14.3 Å². The maximum Gasteiger partial charge on any atom is 0.309 e. The summed E-state index contributed by atoms with van der Waals surface area (Å²) < 4.78 is 5.48. The number of hydrogen-bond donors (Lipinski definition) is 0. The fraction of sp³-hybridized carbons (Fsp3) is 0.938. The number of hydrogen-bond acceptors (Lipinski definition) is 3. The Kier molecular flexibility index (Phi) is 28.5. The Morgan fingerprint density at radius 3 is 1.22 bits per heavy atom. The van der Waals surface area contributed by atoms with Crippen molar-refractivity contribution in [3.63, 3.8) is 0 Å². The molecule has 0 amide bonds. The molecule has 0 aliphatic rings. The third kappa shape index (κ3) is 26.5. The number of rotatable bonds is 29. The van der Waals surface area contributed by atoms with Crippen molar-refractivity contribution in [2.45, 2.75) is 181 Å². The third-order valence-corrected chi connectivity index (χ3v) is 7.54. The topological polar surface area (TPSA) is 43.4 Å². The Hall–Kier alpha value is -0.570. The van der Waals surface area contributed by atoms with Gasteiger partial charge in [-0.2, -0.15) is 0 Å². The SMILES string of the molecule is CCCCCCCCCCCCCCCCCCC(CC(=O)Cl)C(=O)OCCCCCCCCCC. The first-order chi connectivity index (χ1) is 17.6. The van der Waals surface area contributed by atoms with E-state index in [9.17, 15) is 9.59 Å². The Balaban J connectivity index is 3.63. The van der Waals surface area contributed by atoms with Gasteiger partial charge in [0.1, 0.15) is 0 Å². The third-order valence-electron chi connectivity index (χ3n) is 7.39. The van der Waals surface area contributed by atoms with E-state index in [1.807, 2.05) is 0 Å². The summed E-state index contributed by atoms with van der Waals surface area (Å²) in [4.78, 5) is 23.9. The second kappa shape index (κ2) is 29.0. The van der Waals surface area contributed by atoms with Gasteiger partial charge < -0.3 is 4.74 Å². The van der Waals surface area contributed by atoms with Crippen LogP contribution in [0.2, 0.25) is 0 Å². The summed E-state index contributed by atoms with van der Waals surface area (Å²) in [5, 5.41) is -0.430. The zero-order valence-electron chi connectivity index (χ0n) is 24.3. The quantitative estimate of drug-likeness (QED) is 0.0550. The molecule has 36 heavy (non-hydrogen) atoms. The van der Waals surface area contributed by atoms with Crippen LogP contribution in [0.4, 0.5) is 0 Å². The van der Waals surface area contributed by atoms with E-state index >= 15 is 0 Å². The average Bonchev–Trinajstić information content (AvgIpc) is 2.86. The predicted octanol–water partition coefficient (Wildman–Crippen LogP) is 11.1. The average molecular weight is 529 g/mol. The molecule has 0 aliphatic carbocycles. The largest absolute Gasteiger partial charge is 0.465 e. The van der Waals surface area contributed by atoms with Crippen LogP contribution in [0.25, 0.3) is 0 Å². The van der Waals surface area contributed by atoms with Crippen molar-refractivity contribution in [3.05, 3.63) is 0 Å². The second-order valence-corrected chi connectivity index (χ2v) is 11.4. The van der Waals surface area contributed by atoms with Crippen molar-refractivity contribution < 1.29 is 14.3 Å². The van der Waals surface area contributed by atoms with Gasteiger partial charge in [0.2, 0.25) is 5.24 Å². The van der Waals surface area contributed by atoms with Crippen molar-refractivity contribution in [2.24, 2.45) is 5.92 Å². The van der Waals surface area contributed by atoms with Gasteiger partial charge in [-0.25, -0.2) is 0 Å². The van der Waals surface area contributed by atoms with E-state index in [4.69, 9.17) is 16.3 Å². The molecule has 0 radical (unpaired) electrons. The lowest BCUT2D eigenvalue weighted by Gasteiger charge is -2.14. The molecule has 0 spiro atoms. The summed E-state index contributed by atoms with van der Waals surface area (Å²) in [6.07, 6.45) is 31.9. The minimum Gasteiger partial charge on any atom is -0.465 e. The van der Waals surface area contributed by atoms with Crippen molar-refractivity contribution in [1.29, 1.82) is 0 Å². The molecular formula is C32H61ClO3. The summed E-state index contributed by atoms with van der Waals surface area (Å²) >= 11 is 5.60. The van der Waals surface area contributed by atoms with E-state index in [0.29, 0.717) is 13.0 Å². The molecule has 214 valence electrons. The van der Waals surface area contributed by atoms with Gasteiger partial charge in [-0.1, -0.05) is 162 Å². The van der Waals surface area contributed by atoms with Crippen LogP contribution in [-0.4, -0.2) is 17.8 Å². The van der Waals surface area contributed by atoms with Crippen LogP contribution in [0, 0.1) is 5.92 Å². The second-order valence-electron chi connectivity index (χ2n) is 11.0. The first-order valence-electron chi connectivity index (χ1n) is 16.0. The summed E-state index contributed by atoms with van der Waals surface area (Å²) in [7, 11) is 0. The van der Waals surface area contributed by atoms with E-state index < -0.39 is 5.24 Å². The minimum atomic E-state index is -0.430. The maximum atomic E-state index is 12.4. The number of halogens is 1. The first kappa shape index (κ1) is 35.4. The van der Waals surface area contributed by atoms with Gasteiger partial charge in [0, 0.05) is 6.42 Å². The van der Waals surface area contributed by atoms with Crippen molar-refractivity contribution in [3.8, 4) is 0 Å². The molecule has 1 unspecified atom stereocenters. The fourth-order valence-corrected chi connectivity index (χ4v) is 5.15. The van der Waals surface area contributed by atoms with E-state index in [0.717, 1.165) is 25.7 Å². The minimum absolute atomic E-state index is 0.108. The van der Waals surface area contributed by atoms with Crippen LogP contribution in [0.3, 0.4) is 0 Å². The van der Waals surface area contributed by atoms with Crippen molar-refractivity contribution in [1.82, 2.24) is 0 Å². The van der Waals surface area contributed by atoms with Gasteiger partial charge in [-0.05, 0) is 24.4 Å². The molecule has 3 nitrogen and oxygen atoms in total. The van der Waals surface area contributed by atoms with Crippen LogP contribution < -0.4 is 0 Å². The molecule has 0 aromatic heterocycles. The highest BCUT2D eigenvalue weighted by molar-refractivity contribution is 6.63. The van der Waals surface area contributed by atoms with Crippen molar-refractivity contribution >= 4 is 22.8 Å². The lowest BCUT2D eigenvalue weighted by Crippen LogP contribution is -2.20. The molecule has 0 aliphatic heterocycles. The van der Waals surface area contributed by atoms with Gasteiger partial charge >= 0.3 is 5.97 Å². The first-order valence-corrected chi connectivity index (χ1v) is 16.3. The number of unbranched alkanes of at least 4 members (excludes halogenated alkanes) is 22. The highest BCUT2D eigenvalue weighted by atomic mass is 35.5. The van der Waals surface area contributed by atoms with Gasteiger partial charge in [0.15, 0.2) is 0 Å². The highest BCUT2D eigenvalue weighted by Gasteiger charge is 2.22.